The minimum Gasteiger partial charge on any atom is -0.460 e. The van der Waals surface area contributed by atoms with E-state index in [1.54, 1.807) is 27.7 Å². The van der Waals surface area contributed by atoms with Crippen LogP contribution in [0.25, 0.3) is 0 Å². The summed E-state index contributed by atoms with van der Waals surface area (Å²) >= 11 is 0. The van der Waals surface area contributed by atoms with Gasteiger partial charge in [-0.2, -0.15) is 0 Å². The average molecular weight is 344 g/mol. The number of carbonyl (C=O) groups excluding carboxylic acids is 2. The van der Waals surface area contributed by atoms with Crippen LogP contribution >= 0.6 is 0 Å². The van der Waals surface area contributed by atoms with Gasteiger partial charge in [0.05, 0.1) is 25.7 Å². The highest BCUT2D eigenvalue weighted by atomic mass is 16.7. The van der Waals surface area contributed by atoms with Gasteiger partial charge in [-0.15, -0.1) is 0 Å². The van der Waals surface area contributed by atoms with Gasteiger partial charge < -0.3 is 19.3 Å². The second-order valence-electron chi connectivity index (χ2n) is 7.86. The number of esters is 1. The van der Waals surface area contributed by atoms with Gasteiger partial charge in [-0.3, -0.25) is 9.59 Å². The van der Waals surface area contributed by atoms with Crippen molar-refractivity contribution in [2.45, 2.75) is 78.3 Å². The maximum atomic E-state index is 12.3. The number of aliphatic hydroxyl groups excluding tert-OH is 1. The average Bonchev–Trinajstić information content (AvgIpc) is 2.89. The van der Waals surface area contributed by atoms with Crippen molar-refractivity contribution in [3.05, 3.63) is 0 Å². The summed E-state index contributed by atoms with van der Waals surface area (Å²) in [4.78, 5) is 24.4. The zero-order chi connectivity index (χ0) is 18.5. The van der Waals surface area contributed by atoms with Crippen LogP contribution in [0.3, 0.4) is 0 Å². The molecule has 1 N–H and O–H groups in total. The van der Waals surface area contributed by atoms with Crippen molar-refractivity contribution in [1.29, 1.82) is 0 Å². The Morgan fingerprint density at radius 1 is 1.17 bits per heavy atom. The van der Waals surface area contributed by atoms with Crippen LogP contribution in [0.15, 0.2) is 0 Å². The molecule has 140 valence electrons. The first kappa shape index (κ1) is 21.1. The first-order chi connectivity index (χ1) is 11.0. The molecule has 0 bridgehead atoms. The number of ether oxygens (including phenoxy) is 3. The minimum atomic E-state index is -1.10. The summed E-state index contributed by atoms with van der Waals surface area (Å²) in [6.07, 6.45) is -0.253. The molecule has 6 nitrogen and oxygen atoms in total. The van der Waals surface area contributed by atoms with Gasteiger partial charge in [-0.05, 0) is 26.7 Å². The summed E-state index contributed by atoms with van der Waals surface area (Å²) in [7, 11) is 0. The van der Waals surface area contributed by atoms with Crippen molar-refractivity contribution in [3.8, 4) is 0 Å². The van der Waals surface area contributed by atoms with Crippen LogP contribution < -0.4 is 0 Å². The lowest BCUT2D eigenvalue weighted by Gasteiger charge is -2.29. The van der Waals surface area contributed by atoms with Gasteiger partial charge in [-0.1, -0.05) is 20.8 Å². The highest BCUT2D eigenvalue weighted by molar-refractivity contribution is 5.81. The predicted molar refractivity (Wildman–Crippen MR) is 89.3 cm³/mol. The van der Waals surface area contributed by atoms with Crippen molar-refractivity contribution < 1.29 is 28.9 Å². The normalized spacial score (nSPS) is 20.0. The van der Waals surface area contributed by atoms with Crippen molar-refractivity contribution in [3.63, 3.8) is 0 Å². The molecule has 2 atom stereocenters. The number of hydrogen-bond donors (Lipinski definition) is 1. The zero-order valence-corrected chi connectivity index (χ0v) is 15.8. The molecule has 0 saturated carbocycles. The number of ketones is 1. The zero-order valence-electron chi connectivity index (χ0n) is 15.8. The summed E-state index contributed by atoms with van der Waals surface area (Å²) in [5, 5.41) is 10.0. The molecule has 24 heavy (non-hydrogen) atoms. The predicted octanol–water partition coefficient (Wildman–Crippen LogP) is 2.46. The molecule has 0 aromatic heterocycles. The van der Waals surface area contributed by atoms with Crippen LogP contribution in [0.1, 0.15) is 60.8 Å². The first-order valence-electron chi connectivity index (χ1n) is 8.66. The molecule has 1 saturated heterocycles. The van der Waals surface area contributed by atoms with E-state index < -0.39 is 29.4 Å². The van der Waals surface area contributed by atoms with Crippen molar-refractivity contribution >= 4 is 11.8 Å². The SMILES string of the molecule is CC(C)[C@H](O)[C@H](C)C(=O)CCC1(CC(=O)OC(C)(C)C)OCCO1. The van der Waals surface area contributed by atoms with Gasteiger partial charge >= 0.3 is 5.97 Å². The van der Waals surface area contributed by atoms with E-state index in [4.69, 9.17) is 14.2 Å². The Hall–Kier alpha value is -0.980. The number of Topliss-reactive ketones (excluding diaryl/α,β-unsaturated/α-hetero) is 1. The summed E-state index contributed by atoms with van der Waals surface area (Å²) in [5.41, 5.74) is -0.581. The smallest absolute Gasteiger partial charge is 0.311 e. The Balaban J connectivity index is 2.63. The highest BCUT2D eigenvalue weighted by Crippen LogP contribution is 2.31. The lowest BCUT2D eigenvalue weighted by atomic mass is 9.88. The number of rotatable bonds is 8. The van der Waals surface area contributed by atoms with E-state index in [9.17, 15) is 14.7 Å². The van der Waals surface area contributed by atoms with Crippen molar-refractivity contribution in [1.82, 2.24) is 0 Å². The van der Waals surface area contributed by atoms with Gasteiger partial charge in [0.2, 0.25) is 0 Å². The highest BCUT2D eigenvalue weighted by Gasteiger charge is 2.41. The Morgan fingerprint density at radius 2 is 1.71 bits per heavy atom. The minimum absolute atomic E-state index is 0.0126. The van der Waals surface area contributed by atoms with Gasteiger partial charge in [0.15, 0.2) is 5.79 Å². The van der Waals surface area contributed by atoms with Gasteiger partial charge in [0.1, 0.15) is 11.4 Å². The van der Waals surface area contributed by atoms with E-state index in [2.05, 4.69) is 0 Å². The van der Waals surface area contributed by atoms with Crippen LogP contribution in [0.5, 0.6) is 0 Å². The molecule has 1 heterocycles. The summed E-state index contributed by atoms with van der Waals surface area (Å²) in [5.74, 6) is -2.00. The standard InChI is InChI=1S/C18H32O6/c1-12(2)16(21)13(3)14(19)7-8-18(22-9-10-23-18)11-15(20)24-17(4,5)6/h12-13,16,21H,7-11H2,1-6H3/t13-,16+/m1/s1. The number of carbonyl (C=O) groups is 2. The molecule has 1 aliphatic rings. The lowest BCUT2D eigenvalue weighted by molar-refractivity contribution is -0.192. The Morgan fingerprint density at radius 3 is 2.17 bits per heavy atom. The van der Waals surface area contributed by atoms with Crippen molar-refractivity contribution in [2.24, 2.45) is 11.8 Å². The molecule has 1 rings (SSSR count). The second-order valence-corrected chi connectivity index (χ2v) is 7.86. The molecule has 1 aliphatic heterocycles. The Labute approximate surface area is 144 Å². The van der Waals surface area contributed by atoms with Crippen molar-refractivity contribution in [2.75, 3.05) is 13.2 Å². The third kappa shape index (κ3) is 6.49. The maximum absolute atomic E-state index is 12.3. The van der Waals surface area contributed by atoms with E-state index in [1.165, 1.54) is 0 Å². The second kappa shape index (κ2) is 8.41. The van der Waals surface area contributed by atoms with Crippen LogP contribution in [-0.2, 0) is 23.8 Å². The molecule has 0 amide bonds. The fourth-order valence-electron chi connectivity index (χ4n) is 2.74. The maximum Gasteiger partial charge on any atom is 0.311 e. The number of hydrogen-bond acceptors (Lipinski definition) is 6. The van der Waals surface area contributed by atoms with E-state index in [0.717, 1.165) is 0 Å². The molecule has 6 heteroatoms. The topological polar surface area (TPSA) is 82.1 Å². The molecule has 1 fully saturated rings. The van der Waals surface area contributed by atoms with Crippen LogP contribution in [0.2, 0.25) is 0 Å². The molecule has 0 radical (unpaired) electrons. The molecule has 0 spiro atoms. The molecule has 0 aromatic carbocycles. The monoisotopic (exact) mass is 344 g/mol. The fraction of sp³-hybridized carbons (Fsp3) is 0.889. The Kier molecular flexibility index (Phi) is 7.38. The van der Waals surface area contributed by atoms with Crippen LogP contribution in [-0.4, -0.2) is 47.6 Å². The summed E-state index contributed by atoms with van der Waals surface area (Å²) in [6, 6.07) is 0. The quantitative estimate of drug-likeness (QED) is 0.681. The third-order valence-electron chi connectivity index (χ3n) is 4.10. The molecule has 0 aromatic rings. The fourth-order valence-corrected chi connectivity index (χ4v) is 2.74. The summed E-state index contributed by atoms with van der Waals surface area (Å²) in [6.45, 7) is 11.7. The largest absolute Gasteiger partial charge is 0.460 e. The van der Waals surface area contributed by atoms with Crippen LogP contribution in [0, 0.1) is 11.8 Å². The first-order valence-corrected chi connectivity index (χ1v) is 8.66. The molecular weight excluding hydrogens is 312 g/mol. The van der Waals surface area contributed by atoms with E-state index in [0.29, 0.717) is 13.2 Å². The molecule has 0 aliphatic carbocycles. The molecular formula is C18H32O6. The van der Waals surface area contributed by atoms with E-state index >= 15 is 0 Å². The van der Waals surface area contributed by atoms with Gasteiger partial charge in [-0.25, -0.2) is 0 Å². The van der Waals surface area contributed by atoms with E-state index in [-0.39, 0.29) is 31.0 Å². The van der Waals surface area contributed by atoms with Gasteiger partial charge in [0.25, 0.3) is 0 Å². The van der Waals surface area contributed by atoms with Crippen LogP contribution in [0.4, 0.5) is 0 Å². The summed E-state index contributed by atoms with van der Waals surface area (Å²) < 4.78 is 16.6. The lowest BCUT2D eigenvalue weighted by Crippen LogP contribution is -2.38. The van der Waals surface area contributed by atoms with Gasteiger partial charge in [0, 0.05) is 18.8 Å². The third-order valence-corrected chi connectivity index (χ3v) is 4.10. The molecule has 0 unspecified atom stereocenters. The number of aliphatic hydroxyl groups is 1. The van der Waals surface area contributed by atoms with E-state index in [1.807, 2.05) is 13.8 Å². The Bertz CT molecular complexity index is 431.